The lowest BCUT2D eigenvalue weighted by Crippen LogP contribution is -2.24. The fourth-order valence-corrected chi connectivity index (χ4v) is 2.42. The molecule has 0 radical (unpaired) electrons. The third kappa shape index (κ3) is 2.52. The van der Waals surface area contributed by atoms with Gasteiger partial charge < -0.3 is 9.67 Å². The van der Waals surface area contributed by atoms with E-state index in [-0.39, 0.29) is 0 Å². The Hall–Kier alpha value is -1.28. The summed E-state index contributed by atoms with van der Waals surface area (Å²) < 4.78 is 2.31. The van der Waals surface area contributed by atoms with Crippen LogP contribution in [-0.4, -0.2) is 15.3 Å². The summed E-state index contributed by atoms with van der Waals surface area (Å²) in [6.07, 6.45) is 0.680. The number of aromatic nitrogens is 1. The average molecular weight is 231 g/mol. The van der Waals surface area contributed by atoms with Crippen LogP contribution in [0.15, 0.2) is 30.3 Å². The van der Waals surface area contributed by atoms with Gasteiger partial charge in [0.1, 0.15) is 0 Å². The zero-order chi connectivity index (χ0) is 12.6. The lowest BCUT2D eigenvalue weighted by Gasteiger charge is -2.21. The third-order valence-electron chi connectivity index (χ3n) is 2.96. The molecule has 1 N–H and O–H groups in total. The predicted octanol–water partition coefficient (Wildman–Crippen LogP) is 3.54. The summed E-state index contributed by atoms with van der Waals surface area (Å²) in [4.78, 5) is 0. The van der Waals surface area contributed by atoms with Crippen LogP contribution in [0.5, 0.6) is 0 Å². The van der Waals surface area contributed by atoms with Crippen LogP contribution in [0.2, 0.25) is 0 Å². The van der Waals surface area contributed by atoms with Crippen molar-refractivity contribution >= 4 is 10.9 Å². The van der Waals surface area contributed by atoms with E-state index in [1.54, 1.807) is 0 Å². The number of benzene rings is 1. The molecule has 0 aliphatic heterocycles. The number of hydrogen-bond acceptors (Lipinski definition) is 1. The van der Waals surface area contributed by atoms with Crippen LogP contribution < -0.4 is 0 Å². The molecule has 0 bridgehead atoms. The fraction of sp³-hybridized carbons (Fsp3) is 0.467. The smallest absolute Gasteiger partial charge is 0.0646 e. The normalized spacial score (nSPS) is 12.6. The zero-order valence-corrected chi connectivity index (χ0v) is 11.1. The number of para-hydroxylation sites is 1. The Balaban J connectivity index is 2.58. The van der Waals surface area contributed by atoms with E-state index in [1.807, 2.05) is 13.8 Å². The van der Waals surface area contributed by atoms with Crippen molar-refractivity contribution in [3.05, 3.63) is 36.0 Å². The van der Waals surface area contributed by atoms with Crippen molar-refractivity contribution in [3.63, 3.8) is 0 Å². The molecule has 1 heterocycles. The van der Waals surface area contributed by atoms with Crippen molar-refractivity contribution in [1.82, 2.24) is 4.57 Å². The summed E-state index contributed by atoms with van der Waals surface area (Å²) in [6, 6.07) is 11.0. The molecule has 2 nitrogen and oxygen atoms in total. The Kier molecular flexibility index (Phi) is 3.00. The van der Waals surface area contributed by atoms with Gasteiger partial charge in [-0.15, -0.1) is 0 Å². The van der Waals surface area contributed by atoms with Crippen molar-refractivity contribution in [2.45, 2.75) is 45.8 Å². The quantitative estimate of drug-likeness (QED) is 0.858. The molecule has 0 amide bonds. The van der Waals surface area contributed by atoms with Crippen LogP contribution >= 0.6 is 0 Å². The van der Waals surface area contributed by atoms with Gasteiger partial charge in [0.05, 0.1) is 5.60 Å². The van der Waals surface area contributed by atoms with E-state index in [4.69, 9.17) is 0 Å². The molecule has 0 saturated carbocycles. The van der Waals surface area contributed by atoms with Gasteiger partial charge in [0.2, 0.25) is 0 Å². The largest absolute Gasteiger partial charge is 0.390 e. The second kappa shape index (κ2) is 4.19. The van der Waals surface area contributed by atoms with Crippen LogP contribution in [0.4, 0.5) is 0 Å². The van der Waals surface area contributed by atoms with Crippen molar-refractivity contribution in [1.29, 1.82) is 0 Å². The molecule has 1 aromatic heterocycles. The number of nitrogens with zero attached hydrogens (tertiary/aromatic N) is 1. The SMILES string of the molecule is CC(C)n1c(CC(C)(C)O)cc2ccccc21. The first kappa shape index (κ1) is 12.2. The second-order valence-corrected chi connectivity index (χ2v) is 5.65. The van der Waals surface area contributed by atoms with Gasteiger partial charge in [0, 0.05) is 23.7 Å². The van der Waals surface area contributed by atoms with E-state index in [0.29, 0.717) is 12.5 Å². The summed E-state index contributed by atoms with van der Waals surface area (Å²) in [5, 5.41) is 11.2. The van der Waals surface area contributed by atoms with Crippen molar-refractivity contribution < 1.29 is 5.11 Å². The molecule has 0 saturated heterocycles. The first-order valence-electron chi connectivity index (χ1n) is 6.20. The van der Waals surface area contributed by atoms with E-state index < -0.39 is 5.60 Å². The Morgan fingerprint density at radius 2 is 1.88 bits per heavy atom. The standard InChI is InChI=1S/C15H21NO/c1-11(2)16-13(10-15(3,4)17)9-12-7-5-6-8-14(12)16/h5-9,11,17H,10H2,1-4H3. The molecule has 17 heavy (non-hydrogen) atoms. The highest BCUT2D eigenvalue weighted by Crippen LogP contribution is 2.26. The molecule has 2 aromatic rings. The lowest BCUT2D eigenvalue weighted by atomic mass is 10.0. The molecule has 0 fully saturated rings. The second-order valence-electron chi connectivity index (χ2n) is 5.65. The van der Waals surface area contributed by atoms with Crippen LogP contribution in [0.25, 0.3) is 10.9 Å². The van der Waals surface area contributed by atoms with Crippen molar-refractivity contribution in [3.8, 4) is 0 Å². The molecule has 0 unspecified atom stereocenters. The first-order chi connectivity index (χ1) is 7.88. The Morgan fingerprint density at radius 1 is 1.24 bits per heavy atom. The van der Waals surface area contributed by atoms with Crippen molar-refractivity contribution in [2.24, 2.45) is 0 Å². The van der Waals surface area contributed by atoms with Gasteiger partial charge in [-0.1, -0.05) is 18.2 Å². The minimum Gasteiger partial charge on any atom is -0.390 e. The maximum atomic E-state index is 9.99. The molecular weight excluding hydrogens is 210 g/mol. The van der Waals surface area contributed by atoms with Gasteiger partial charge in [-0.3, -0.25) is 0 Å². The maximum Gasteiger partial charge on any atom is 0.0646 e. The molecule has 2 rings (SSSR count). The highest BCUT2D eigenvalue weighted by molar-refractivity contribution is 5.81. The van der Waals surface area contributed by atoms with Crippen LogP contribution in [0.3, 0.4) is 0 Å². The van der Waals surface area contributed by atoms with E-state index >= 15 is 0 Å². The number of aliphatic hydroxyl groups is 1. The molecule has 0 aliphatic carbocycles. The van der Waals surface area contributed by atoms with Crippen molar-refractivity contribution in [2.75, 3.05) is 0 Å². The Morgan fingerprint density at radius 3 is 2.47 bits per heavy atom. The number of rotatable bonds is 3. The molecule has 2 heteroatoms. The summed E-state index contributed by atoms with van der Waals surface area (Å²) >= 11 is 0. The van der Waals surface area contributed by atoms with Gasteiger partial charge in [0.15, 0.2) is 0 Å². The topological polar surface area (TPSA) is 25.2 Å². The molecule has 0 aliphatic rings. The van der Waals surface area contributed by atoms with Crippen LogP contribution in [0.1, 0.15) is 39.4 Å². The minimum atomic E-state index is -0.666. The average Bonchev–Trinajstić information content (AvgIpc) is 2.51. The Bertz CT molecular complexity index is 517. The highest BCUT2D eigenvalue weighted by Gasteiger charge is 2.19. The Labute approximate surface area is 103 Å². The summed E-state index contributed by atoms with van der Waals surface area (Å²) in [5.41, 5.74) is 1.79. The third-order valence-corrected chi connectivity index (χ3v) is 2.96. The maximum absolute atomic E-state index is 9.99. The summed E-state index contributed by atoms with van der Waals surface area (Å²) in [6.45, 7) is 8.07. The monoisotopic (exact) mass is 231 g/mol. The molecule has 92 valence electrons. The van der Waals surface area contributed by atoms with Gasteiger partial charge >= 0.3 is 0 Å². The van der Waals surface area contributed by atoms with E-state index in [0.717, 1.165) is 0 Å². The van der Waals surface area contributed by atoms with E-state index in [9.17, 15) is 5.11 Å². The lowest BCUT2D eigenvalue weighted by molar-refractivity contribution is 0.0789. The predicted molar refractivity (Wildman–Crippen MR) is 72.3 cm³/mol. The van der Waals surface area contributed by atoms with Gasteiger partial charge in [-0.05, 0) is 45.2 Å². The number of hydrogen-bond donors (Lipinski definition) is 1. The highest BCUT2D eigenvalue weighted by atomic mass is 16.3. The number of fused-ring (bicyclic) bond motifs is 1. The molecule has 0 spiro atoms. The molecule has 1 aromatic carbocycles. The van der Waals surface area contributed by atoms with Crippen LogP contribution in [-0.2, 0) is 6.42 Å². The van der Waals surface area contributed by atoms with E-state index in [2.05, 4.69) is 48.7 Å². The molecular formula is C15H21NO. The van der Waals surface area contributed by atoms with Gasteiger partial charge in [-0.25, -0.2) is 0 Å². The molecule has 0 atom stereocenters. The van der Waals surface area contributed by atoms with E-state index in [1.165, 1.54) is 16.6 Å². The van der Waals surface area contributed by atoms with Gasteiger partial charge in [0.25, 0.3) is 0 Å². The minimum absolute atomic E-state index is 0.409. The zero-order valence-electron chi connectivity index (χ0n) is 11.1. The van der Waals surface area contributed by atoms with Crippen LogP contribution in [0, 0.1) is 0 Å². The summed E-state index contributed by atoms with van der Waals surface area (Å²) in [7, 11) is 0. The fourth-order valence-electron chi connectivity index (χ4n) is 2.42. The first-order valence-corrected chi connectivity index (χ1v) is 6.20. The van der Waals surface area contributed by atoms with Gasteiger partial charge in [-0.2, -0.15) is 0 Å². The summed E-state index contributed by atoms with van der Waals surface area (Å²) in [5.74, 6) is 0.